The summed E-state index contributed by atoms with van der Waals surface area (Å²) in [5.74, 6) is 0.352. The van der Waals surface area contributed by atoms with E-state index < -0.39 is 0 Å². The summed E-state index contributed by atoms with van der Waals surface area (Å²) in [6, 6.07) is 10.8. The molecule has 1 saturated heterocycles. The van der Waals surface area contributed by atoms with Gasteiger partial charge in [-0.15, -0.1) is 0 Å². The normalized spacial score (nSPS) is 24.2. The zero-order valence-electron chi connectivity index (χ0n) is 11.6. The molecule has 3 rings (SSSR count). The number of carbonyl (C=O) groups is 1. The molecule has 1 unspecified atom stereocenters. The summed E-state index contributed by atoms with van der Waals surface area (Å²) in [4.78, 5) is 14.7. The van der Waals surface area contributed by atoms with Crippen LogP contribution in [-0.2, 0) is 11.2 Å². The topological polar surface area (TPSA) is 32.3 Å². The highest BCUT2D eigenvalue weighted by Gasteiger charge is 2.51. The molecule has 1 heterocycles. The van der Waals surface area contributed by atoms with Gasteiger partial charge in [-0.2, -0.15) is 0 Å². The molecule has 2 aliphatic rings. The summed E-state index contributed by atoms with van der Waals surface area (Å²) in [5.41, 5.74) is 1.19. The van der Waals surface area contributed by atoms with Gasteiger partial charge < -0.3 is 10.2 Å². The van der Waals surface area contributed by atoms with Crippen LogP contribution in [0, 0.1) is 5.41 Å². The molecule has 1 saturated carbocycles. The lowest BCUT2D eigenvalue weighted by atomic mass is 9.94. The average Bonchev–Trinajstić information content (AvgIpc) is 3.02. The molecule has 1 aromatic carbocycles. The molecule has 1 N–H and O–H groups in total. The number of benzene rings is 1. The molecule has 1 aliphatic heterocycles. The Bertz CT molecular complexity index is 447. The molecule has 2 fully saturated rings. The molecule has 102 valence electrons. The quantitative estimate of drug-likeness (QED) is 0.893. The van der Waals surface area contributed by atoms with Gasteiger partial charge in [0.05, 0.1) is 5.41 Å². The number of nitrogens with zero attached hydrogens (tertiary/aromatic N) is 1. The van der Waals surface area contributed by atoms with Gasteiger partial charge in [-0.05, 0) is 37.8 Å². The van der Waals surface area contributed by atoms with Crippen LogP contribution in [0.4, 0.5) is 0 Å². The zero-order valence-corrected chi connectivity index (χ0v) is 11.6. The Kier molecular flexibility index (Phi) is 3.31. The first-order valence-electron chi connectivity index (χ1n) is 7.23. The lowest BCUT2D eigenvalue weighted by Crippen LogP contribution is -2.43. The van der Waals surface area contributed by atoms with Crippen LogP contribution in [0.5, 0.6) is 0 Å². The first kappa shape index (κ1) is 12.7. The van der Waals surface area contributed by atoms with Gasteiger partial charge in [0.2, 0.25) is 5.91 Å². The summed E-state index contributed by atoms with van der Waals surface area (Å²) in [6.07, 6.45) is 4.08. The van der Waals surface area contributed by atoms with Crippen molar-refractivity contribution in [2.75, 3.05) is 20.1 Å². The van der Waals surface area contributed by atoms with Crippen LogP contribution in [0.25, 0.3) is 0 Å². The van der Waals surface area contributed by atoms with Gasteiger partial charge in [-0.3, -0.25) is 4.79 Å². The number of hydrogen-bond donors (Lipinski definition) is 1. The third-order valence-corrected chi connectivity index (χ3v) is 4.59. The monoisotopic (exact) mass is 258 g/mol. The Morgan fingerprint density at radius 2 is 2.11 bits per heavy atom. The molecule has 1 atom stereocenters. The van der Waals surface area contributed by atoms with Gasteiger partial charge in [-0.1, -0.05) is 30.3 Å². The first-order valence-corrected chi connectivity index (χ1v) is 7.23. The van der Waals surface area contributed by atoms with E-state index in [2.05, 4.69) is 29.6 Å². The van der Waals surface area contributed by atoms with Crippen molar-refractivity contribution in [3.8, 4) is 0 Å². The Morgan fingerprint density at radius 1 is 1.37 bits per heavy atom. The summed E-state index contributed by atoms with van der Waals surface area (Å²) >= 11 is 0. The van der Waals surface area contributed by atoms with E-state index in [-0.39, 0.29) is 5.41 Å². The predicted molar refractivity (Wildman–Crippen MR) is 75.9 cm³/mol. The summed E-state index contributed by atoms with van der Waals surface area (Å²) in [7, 11) is 1.98. The molecule has 0 radical (unpaired) electrons. The highest BCUT2D eigenvalue weighted by molar-refractivity contribution is 5.85. The van der Waals surface area contributed by atoms with Crippen molar-refractivity contribution in [3.63, 3.8) is 0 Å². The fourth-order valence-electron chi connectivity index (χ4n) is 3.11. The second-order valence-corrected chi connectivity index (χ2v) is 6.01. The molecule has 1 amide bonds. The maximum Gasteiger partial charge on any atom is 0.229 e. The number of nitrogens with one attached hydrogen (secondary N) is 1. The van der Waals surface area contributed by atoms with Crippen LogP contribution in [0.15, 0.2) is 30.3 Å². The van der Waals surface area contributed by atoms with E-state index in [0.717, 1.165) is 38.8 Å². The third kappa shape index (κ3) is 2.52. The molecule has 1 aromatic rings. The van der Waals surface area contributed by atoms with E-state index in [0.29, 0.717) is 11.9 Å². The Labute approximate surface area is 115 Å². The minimum Gasteiger partial charge on any atom is -0.341 e. The van der Waals surface area contributed by atoms with Crippen LogP contribution in [0.3, 0.4) is 0 Å². The summed E-state index contributed by atoms with van der Waals surface area (Å²) < 4.78 is 0. The second kappa shape index (κ2) is 4.97. The minimum atomic E-state index is -0.0985. The number of rotatable bonds is 4. The number of hydrogen-bond acceptors (Lipinski definition) is 2. The predicted octanol–water partition coefficient (Wildman–Crippen LogP) is 1.83. The fraction of sp³-hybridized carbons (Fsp3) is 0.562. The van der Waals surface area contributed by atoms with Crippen molar-refractivity contribution in [1.82, 2.24) is 10.2 Å². The van der Waals surface area contributed by atoms with Crippen LogP contribution in [0.1, 0.15) is 24.8 Å². The summed E-state index contributed by atoms with van der Waals surface area (Å²) in [6.45, 7) is 1.98. The van der Waals surface area contributed by atoms with Crippen molar-refractivity contribution in [2.45, 2.75) is 31.7 Å². The molecule has 0 bridgehead atoms. The largest absolute Gasteiger partial charge is 0.341 e. The molecular formula is C16H22N2O. The number of amides is 1. The minimum absolute atomic E-state index is 0.0985. The van der Waals surface area contributed by atoms with Gasteiger partial charge in [0.1, 0.15) is 0 Å². The van der Waals surface area contributed by atoms with E-state index in [1.54, 1.807) is 0 Å². The maximum absolute atomic E-state index is 12.7. The molecule has 0 aromatic heterocycles. The van der Waals surface area contributed by atoms with E-state index >= 15 is 0 Å². The molecule has 19 heavy (non-hydrogen) atoms. The van der Waals surface area contributed by atoms with Crippen LogP contribution in [0.2, 0.25) is 0 Å². The van der Waals surface area contributed by atoms with Crippen LogP contribution >= 0.6 is 0 Å². The first-order chi connectivity index (χ1) is 9.21. The highest BCUT2D eigenvalue weighted by atomic mass is 16.2. The Morgan fingerprint density at radius 3 is 2.68 bits per heavy atom. The van der Waals surface area contributed by atoms with Crippen molar-refractivity contribution >= 4 is 5.91 Å². The smallest absolute Gasteiger partial charge is 0.229 e. The van der Waals surface area contributed by atoms with Crippen LogP contribution in [-0.4, -0.2) is 37.0 Å². The molecular weight excluding hydrogens is 236 g/mol. The molecule has 0 spiro atoms. The fourth-order valence-corrected chi connectivity index (χ4v) is 3.11. The van der Waals surface area contributed by atoms with E-state index in [4.69, 9.17) is 0 Å². The number of carbonyl (C=O) groups excluding carboxylic acids is 1. The van der Waals surface area contributed by atoms with E-state index in [1.807, 2.05) is 18.0 Å². The average molecular weight is 258 g/mol. The van der Waals surface area contributed by atoms with Gasteiger partial charge in [0.25, 0.3) is 0 Å². The lowest BCUT2D eigenvalue weighted by molar-refractivity contribution is -0.137. The highest BCUT2D eigenvalue weighted by Crippen LogP contribution is 2.50. The van der Waals surface area contributed by atoms with Crippen molar-refractivity contribution in [3.05, 3.63) is 35.9 Å². The van der Waals surface area contributed by atoms with Crippen molar-refractivity contribution in [2.24, 2.45) is 5.41 Å². The lowest BCUT2D eigenvalue weighted by Gasteiger charge is -2.28. The van der Waals surface area contributed by atoms with Gasteiger partial charge in [0.15, 0.2) is 0 Å². The Hall–Kier alpha value is -1.35. The second-order valence-electron chi connectivity index (χ2n) is 6.01. The van der Waals surface area contributed by atoms with Gasteiger partial charge >= 0.3 is 0 Å². The Balaban J connectivity index is 1.68. The molecule has 3 nitrogen and oxygen atoms in total. The number of likely N-dealkylation sites (N-methyl/N-ethyl adjacent to an activating group) is 1. The van der Waals surface area contributed by atoms with Crippen molar-refractivity contribution < 1.29 is 4.79 Å². The maximum atomic E-state index is 12.7. The van der Waals surface area contributed by atoms with Gasteiger partial charge in [0, 0.05) is 19.6 Å². The summed E-state index contributed by atoms with van der Waals surface area (Å²) in [5, 5.41) is 3.34. The van der Waals surface area contributed by atoms with Crippen molar-refractivity contribution in [1.29, 1.82) is 0 Å². The zero-order chi connectivity index (χ0) is 13.3. The molecule has 3 heteroatoms. The van der Waals surface area contributed by atoms with E-state index in [1.165, 1.54) is 5.56 Å². The van der Waals surface area contributed by atoms with Gasteiger partial charge in [-0.25, -0.2) is 0 Å². The molecule has 1 aliphatic carbocycles. The standard InChI is InChI=1S/C16H22N2O/c1-18(14-7-10-17-12-14)15(19)16(8-9-16)11-13-5-3-2-4-6-13/h2-6,14,17H,7-12H2,1H3. The SMILES string of the molecule is CN(C(=O)C1(Cc2ccccc2)CC1)C1CCNC1. The van der Waals surface area contributed by atoms with Crippen LogP contribution < -0.4 is 5.32 Å². The third-order valence-electron chi connectivity index (χ3n) is 4.59. The van der Waals surface area contributed by atoms with E-state index in [9.17, 15) is 4.79 Å².